The maximum atomic E-state index is 12.3. The lowest BCUT2D eigenvalue weighted by Gasteiger charge is -2.43. The van der Waals surface area contributed by atoms with Crippen LogP contribution in [0.15, 0.2) is 115 Å². The van der Waals surface area contributed by atoms with Gasteiger partial charge in [0.25, 0.3) is 5.69 Å². The van der Waals surface area contributed by atoms with E-state index in [2.05, 4.69) is 0 Å². The van der Waals surface area contributed by atoms with Gasteiger partial charge in [-0.05, 0) is 22.8 Å². The van der Waals surface area contributed by atoms with Gasteiger partial charge < -0.3 is 9.84 Å². The van der Waals surface area contributed by atoms with Crippen LogP contribution in [0.5, 0.6) is 0 Å². The number of nitro groups is 1. The molecule has 0 bridgehead atoms. The summed E-state index contributed by atoms with van der Waals surface area (Å²) in [5, 5.41) is 24.2. The molecule has 7 heteroatoms. The van der Waals surface area contributed by atoms with Gasteiger partial charge in [-0.25, -0.2) is 4.89 Å². The predicted octanol–water partition coefficient (Wildman–Crippen LogP) is 5.76. The first-order valence-electron chi connectivity index (χ1n) is 11.8. The van der Waals surface area contributed by atoms with Gasteiger partial charge in [-0.3, -0.25) is 10.1 Å². The van der Waals surface area contributed by atoms with Crippen molar-refractivity contribution in [1.82, 2.24) is 0 Å². The van der Waals surface area contributed by atoms with Crippen molar-refractivity contribution >= 4 is 5.69 Å². The maximum absolute atomic E-state index is 12.3. The summed E-state index contributed by atoms with van der Waals surface area (Å²) in [5.41, 5.74) is 1.36. The van der Waals surface area contributed by atoms with Gasteiger partial charge in [-0.2, -0.15) is 4.89 Å². The molecule has 190 valence electrons. The van der Waals surface area contributed by atoms with E-state index in [1.165, 1.54) is 20.3 Å². The van der Waals surface area contributed by atoms with E-state index in [0.29, 0.717) is 0 Å². The number of nitro benzene ring substituents is 1. The molecule has 7 nitrogen and oxygen atoms in total. The summed E-state index contributed by atoms with van der Waals surface area (Å²) >= 11 is 0. The molecule has 0 aliphatic rings. The molecule has 0 heterocycles. The van der Waals surface area contributed by atoms with Crippen molar-refractivity contribution in [2.24, 2.45) is 0 Å². The summed E-state index contributed by atoms with van der Waals surface area (Å²) < 4.78 is 5.82. The second-order valence-electron chi connectivity index (χ2n) is 8.61. The molecular formula is C30H29NO6. The van der Waals surface area contributed by atoms with Gasteiger partial charge in [-0.1, -0.05) is 103 Å². The molecule has 2 unspecified atom stereocenters. The van der Waals surface area contributed by atoms with Crippen molar-refractivity contribution in [1.29, 1.82) is 0 Å². The fraction of sp³-hybridized carbons (Fsp3) is 0.200. The molecule has 0 fully saturated rings. The quantitative estimate of drug-likeness (QED) is 0.0928. The van der Waals surface area contributed by atoms with Crippen LogP contribution in [0.2, 0.25) is 0 Å². The maximum Gasteiger partial charge on any atom is 0.278 e. The molecule has 37 heavy (non-hydrogen) atoms. The molecule has 0 spiro atoms. The minimum atomic E-state index is -1.79. The zero-order chi connectivity index (χ0) is 26.3. The molecule has 0 aliphatic carbocycles. The second kappa shape index (κ2) is 11.5. The Morgan fingerprint density at radius 2 is 1.19 bits per heavy atom. The van der Waals surface area contributed by atoms with Gasteiger partial charge >= 0.3 is 0 Å². The largest absolute Gasteiger partial charge is 0.391 e. The van der Waals surface area contributed by atoms with Gasteiger partial charge in [0.1, 0.15) is 0 Å². The second-order valence-corrected chi connectivity index (χ2v) is 8.61. The number of methoxy groups -OCH3 is 1. The first-order valence-corrected chi connectivity index (χ1v) is 11.8. The van der Waals surface area contributed by atoms with Crippen molar-refractivity contribution in [2.45, 2.75) is 23.7 Å². The van der Waals surface area contributed by atoms with Crippen LogP contribution in [0, 0.1) is 10.1 Å². The molecule has 1 N–H and O–H groups in total. The molecule has 4 aromatic carbocycles. The first-order chi connectivity index (χ1) is 18.0. The van der Waals surface area contributed by atoms with E-state index in [9.17, 15) is 15.2 Å². The van der Waals surface area contributed by atoms with Crippen LogP contribution in [0.4, 0.5) is 5.69 Å². The van der Waals surface area contributed by atoms with Crippen LogP contribution in [-0.4, -0.2) is 30.4 Å². The molecule has 0 radical (unpaired) electrons. The molecular weight excluding hydrogens is 470 g/mol. The highest BCUT2D eigenvalue weighted by atomic mass is 17.2. The monoisotopic (exact) mass is 499 g/mol. The normalized spacial score (nSPS) is 14.0. The van der Waals surface area contributed by atoms with Crippen LogP contribution in [0.25, 0.3) is 0 Å². The Kier molecular flexibility index (Phi) is 8.11. The molecule has 0 saturated carbocycles. The van der Waals surface area contributed by atoms with E-state index in [-0.39, 0.29) is 17.7 Å². The van der Waals surface area contributed by atoms with E-state index in [0.717, 1.165) is 16.7 Å². The summed E-state index contributed by atoms with van der Waals surface area (Å²) in [6.45, 7) is 0. The van der Waals surface area contributed by atoms with Crippen molar-refractivity contribution in [3.8, 4) is 0 Å². The summed E-state index contributed by atoms with van der Waals surface area (Å²) in [6, 6.07) is 35.1. The number of para-hydroxylation sites is 1. The van der Waals surface area contributed by atoms with Crippen molar-refractivity contribution in [3.05, 3.63) is 148 Å². The Bertz CT molecular complexity index is 1200. The summed E-state index contributed by atoms with van der Waals surface area (Å²) in [7, 11) is 2.67. The number of ether oxygens (including phenoxy) is 1. The number of rotatable bonds is 11. The highest BCUT2D eigenvalue weighted by Crippen LogP contribution is 2.47. The van der Waals surface area contributed by atoms with Gasteiger partial charge in [0.15, 0.2) is 0 Å². The Morgan fingerprint density at radius 1 is 0.757 bits per heavy atom. The van der Waals surface area contributed by atoms with Crippen LogP contribution in [0.1, 0.15) is 28.7 Å². The predicted molar refractivity (Wildman–Crippen MR) is 140 cm³/mol. The highest BCUT2D eigenvalue weighted by Gasteiger charge is 2.50. The number of hydrogen-bond acceptors (Lipinski definition) is 6. The zero-order valence-corrected chi connectivity index (χ0v) is 20.7. The Balaban J connectivity index is 1.98. The highest BCUT2D eigenvalue weighted by molar-refractivity contribution is 5.52. The fourth-order valence-corrected chi connectivity index (χ4v) is 5.09. The molecule has 2 atom stereocenters. The molecule has 0 aliphatic heterocycles. The van der Waals surface area contributed by atoms with E-state index >= 15 is 0 Å². The van der Waals surface area contributed by atoms with Crippen LogP contribution >= 0.6 is 0 Å². The Morgan fingerprint density at radius 3 is 1.59 bits per heavy atom. The van der Waals surface area contributed by atoms with Gasteiger partial charge in [0.2, 0.25) is 5.79 Å². The lowest BCUT2D eigenvalue weighted by atomic mass is 9.64. The summed E-state index contributed by atoms with van der Waals surface area (Å²) in [5.74, 6) is -1.79. The van der Waals surface area contributed by atoms with E-state index in [1.807, 2.05) is 91.0 Å². The van der Waals surface area contributed by atoms with E-state index < -0.39 is 22.2 Å². The summed E-state index contributed by atoms with van der Waals surface area (Å²) in [6.07, 6.45) is -1.38. The van der Waals surface area contributed by atoms with E-state index in [1.54, 1.807) is 18.2 Å². The SMILES string of the molecule is COOC(CC(O)C(c1ccccc1)(c1ccccc1)c1ccccc1)(OC)c1ccccc1[N+](=O)[O-]. The number of benzene rings is 4. The minimum absolute atomic E-state index is 0.131. The lowest BCUT2D eigenvalue weighted by Crippen LogP contribution is -2.47. The molecule has 0 saturated heterocycles. The smallest absolute Gasteiger partial charge is 0.278 e. The van der Waals surface area contributed by atoms with Crippen LogP contribution in [0.3, 0.4) is 0 Å². The Hall–Kier alpha value is -3.88. The molecule has 4 aromatic rings. The van der Waals surface area contributed by atoms with Crippen molar-refractivity contribution in [3.63, 3.8) is 0 Å². The van der Waals surface area contributed by atoms with Crippen molar-refractivity contribution < 1.29 is 24.5 Å². The van der Waals surface area contributed by atoms with Gasteiger partial charge in [0.05, 0.1) is 29.1 Å². The van der Waals surface area contributed by atoms with E-state index in [4.69, 9.17) is 14.5 Å². The average Bonchev–Trinajstić information content (AvgIpc) is 2.95. The topological polar surface area (TPSA) is 91.1 Å². The van der Waals surface area contributed by atoms with Crippen LogP contribution in [-0.2, 0) is 25.7 Å². The van der Waals surface area contributed by atoms with Crippen molar-refractivity contribution in [2.75, 3.05) is 14.2 Å². The third-order valence-corrected chi connectivity index (χ3v) is 6.71. The minimum Gasteiger partial charge on any atom is -0.391 e. The summed E-state index contributed by atoms with van der Waals surface area (Å²) in [4.78, 5) is 22.1. The van der Waals surface area contributed by atoms with Gasteiger partial charge in [0, 0.05) is 19.6 Å². The molecule has 4 rings (SSSR count). The number of nitrogens with zero attached hydrogens (tertiary/aromatic N) is 1. The average molecular weight is 500 g/mol. The standard InChI is InChI=1S/C30H29NO6/c1-35-29(37-36-2,26-20-12-13-21-27(26)31(33)34)22-28(32)30(23-14-6-3-7-15-23,24-16-8-4-9-17-24)25-18-10-5-11-19-25/h3-21,28,32H,22H2,1-2H3. The number of aliphatic hydroxyl groups is 1. The molecule has 0 amide bonds. The zero-order valence-electron chi connectivity index (χ0n) is 20.7. The fourth-order valence-electron chi connectivity index (χ4n) is 5.09. The van der Waals surface area contributed by atoms with Crippen LogP contribution < -0.4 is 0 Å². The third kappa shape index (κ3) is 4.90. The first kappa shape index (κ1) is 26.2. The molecule has 0 aromatic heterocycles. The number of hydrogen-bond donors (Lipinski definition) is 1. The lowest BCUT2D eigenvalue weighted by molar-refractivity contribution is -0.434. The number of aliphatic hydroxyl groups excluding tert-OH is 1. The Labute approximate surface area is 216 Å². The van der Waals surface area contributed by atoms with Gasteiger partial charge in [-0.15, -0.1) is 0 Å². The third-order valence-electron chi connectivity index (χ3n) is 6.71.